The van der Waals surface area contributed by atoms with Crippen LogP contribution in [0, 0.1) is 23.5 Å². The van der Waals surface area contributed by atoms with Gasteiger partial charge in [-0.1, -0.05) is 41.5 Å². The Hall–Kier alpha value is -3.96. The Balaban J connectivity index is 1.59. The number of aromatic nitrogens is 1. The smallest absolute Gasteiger partial charge is 0.382 e. The van der Waals surface area contributed by atoms with Crippen molar-refractivity contribution in [3.63, 3.8) is 0 Å². The fourth-order valence-corrected chi connectivity index (χ4v) is 4.38. The summed E-state index contributed by atoms with van der Waals surface area (Å²) in [6.07, 6.45) is 0.727. The van der Waals surface area contributed by atoms with E-state index in [-0.39, 0.29) is 0 Å². The van der Waals surface area contributed by atoms with Gasteiger partial charge in [-0.25, -0.2) is 18.6 Å². The third kappa shape index (κ3) is 5.69. The number of fused-ring (bicyclic) bond motifs is 1. The normalized spacial score (nSPS) is 10.6. The number of nitrogens with zero attached hydrogens (tertiary/aromatic N) is 2. The Kier molecular flexibility index (Phi) is 7.04. The van der Waals surface area contributed by atoms with Crippen molar-refractivity contribution >= 4 is 32.7 Å². The number of carbonyl (C=O) groups is 1. The number of ether oxygens (including phenoxy) is 1. The molecule has 34 heavy (non-hydrogen) atoms. The van der Waals surface area contributed by atoms with E-state index in [0.29, 0.717) is 34.0 Å². The number of benzene rings is 3. The maximum absolute atomic E-state index is 13.7. The van der Waals surface area contributed by atoms with Crippen LogP contribution < -0.4 is 9.64 Å². The molecule has 0 amide bonds. The van der Waals surface area contributed by atoms with Crippen LogP contribution >= 0.6 is 11.3 Å². The maximum Gasteiger partial charge on any atom is 0.382 e. The van der Waals surface area contributed by atoms with Gasteiger partial charge in [-0.15, -0.1) is 0 Å². The molecule has 1 heterocycles. The van der Waals surface area contributed by atoms with Crippen LogP contribution in [0.2, 0.25) is 0 Å². The summed E-state index contributed by atoms with van der Waals surface area (Å²) in [5.41, 5.74) is 3.09. The largest absolute Gasteiger partial charge is 0.497 e. The van der Waals surface area contributed by atoms with Crippen LogP contribution in [-0.4, -0.2) is 29.7 Å². The monoisotopic (exact) mass is 478 g/mol. The summed E-state index contributed by atoms with van der Waals surface area (Å²) in [6.45, 7) is 1.13. The summed E-state index contributed by atoms with van der Waals surface area (Å²) in [7, 11) is 1.62. The molecule has 5 nitrogen and oxygen atoms in total. The van der Waals surface area contributed by atoms with Gasteiger partial charge in [0.1, 0.15) is 5.75 Å². The first-order valence-corrected chi connectivity index (χ1v) is 11.2. The Labute approximate surface area is 199 Å². The third-order valence-electron chi connectivity index (χ3n) is 5.16. The molecule has 3 aromatic carbocycles. The van der Waals surface area contributed by atoms with E-state index in [0.717, 1.165) is 29.4 Å². The number of anilines is 1. The van der Waals surface area contributed by atoms with Gasteiger partial charge in [0.25, 0.3) is 0 Å². The van der Waals surface area contributed by atoms with Crippen molar-refractivity contribution in [3.8, 4) is 17.6 Å². The first kappa shape index (κ1) is 23.2. The SMILES string of the molecule is COc1ccc(CCN(Cc2ccc(C#CC(=O)O)cc2)c2nc3cc(F)c(F)cc3s2)cc1. The number of hydrogen-bond donors (Lipinski definition) is 1. The molecule has 8 heteroatoms. The zero-order chi connectivity index (χ0) is 24.1. The molecule has 0 aliphatic carbocycles. The number of thiazole rings is 1. The molecular formula is C26H20F2N2O3S. The standard InChI is InChI=1S/C26H20F2N2O3S/c1-33-20-9-6-18(7-10-20)12-13-30(16-19-4-2-17(3-5-19)8-11-25(31)32)26-29-23-14-21(27)22(28)15-24(23)34-26/h2-7,9-10,14-15H,12-13,16H2,1H3,(H,31,32). The molecule has 0 saturated carbocycles. The highest BCUT2D eigenvalue weighted by atomic mass is 32.1. The van der Waals surface area contributed by atoms with Crippen molar-refractivity contribution < 1.29 is 23.4 Å². The van der Waals surface area contributed by atoms with Gasteiger partial charge in [-0.05, 0) is 47.9 Å². The van der Waals surface area contributed by atoms with E-state index in [1.807, 2.05) is 36.4 Å². The first-order chi connectivity index (χ1) is 16.4. The molecule has 1 N–H and O–H groups in total. The van der Waals surface area contributed by atoms with Crippen LogP contribution in [0.1, 0.15) is 16.7 Å². The molecule has 0 fully saturated rings. The van der Waals surface area contributed by atoms with E-state index in [2.05, 4.69) is 21.7 Å². The topological polar surface area (TPSA) is 62.7 Å². The minimum Gasteiger partial charge on any atom is -0.497 e. The summed E-state index contributed by atoms with van der Waals surface area (Å²) in [4.78, 5) is 17.2. The Morgan fingerprint density at radius 2 is 1.74 bits per heavy atom. The summed E-state index contributed by atoms with van der Waals surface area (Å²) in [6, 6.07) is 17.3. The van der Waals surface area contributed by atoms with Gasteiger partial charge >= 0.3 is 5.97 Å². The Morgan fingerprint density at radius 1 is 1.06 bits per heavy atom. The summed E-state index contributed by atoms with van der Waals surface area (Å²) < 4.78 is 33.2. The van der Waals surface area contributed by atoms with Crippen LogP contribution in [-0.2, 0) is 17.8 Å². The van der Waals surface area contributed by atoms with Crippen molar-refractivity contribution in [2.75, 3.05) is 18.6 Å². The summed E-state index contributed by atoms with van der Waals surface area (Å²) in [5, 5.41) is 9.37. The minimum atomic E-state index is -1.18. The first-order valence-electron chi connectivity index (χ1n) is 10.4. The average Bonchev–Trinajstić information content (AvgIpc) is 3.24. The zero-order valence-electron chi connectivity index (χ0n) is 18.2. The van der Waals surface area contributed by atoms with Crippen molar-refractivity contribution in [3.05, 3.63) is 89.0 Å². The highest BCUT2D eigenvalue weighted by molar-refractivity contribution is 7.22. The fraction of sp³-hybridized carbons (Fsp3) is 0.154. The highest BCUT2D eigenvalue weighted by Gasteiger charge is 2.15. The minimum absolute atomic E-state index is 0.410. The van der Waals surface area contributed by atoms with E-state index < -0.39 is 17.6 Å². The molecule has 0 saturated heterocycles. The summed E-state index contributed by atoms with van der Waals surface area (Å²) in [5.74, 6) is 2.46. The maximum atomic E-state index is 13.7. The lowest BCUT2D eigenvalue weighted by atomic mass is 10.1. The van der Waals surface area contributed by atoms with Crippen molar-refractivity contribution in [1.82, 2.24) is 4.98 Å². The lowest BCUT2D eigenvalue weighted by Crippen LogP contribution is -2.25. The molecule has 0 aliphatic rings. The second-order valence-corrected chi connectivity index (χ2v) is 8.51. The second-order valence-electron chi connectivity index (χ2n) is 7.50. The van der Waals surface area contributed by atoms with Gasteiger partial charge in [0.15, 0.2) is 16.8 Å². The van der Waals surface area contributed by atoms with E-state index in [9.17, 15) is 13.6 Å². The van der Waals surface area contributed by atoms with E-state index in [1.54, 1.807) is 19.2 Å². The molecule has 4 rings (SSSR count). The van der Waals surface area contributed by atoms with Gasteiger partial charge in [0.2, 0.25) is 0 Å². The van der Waals surface area contributed by atoms with E-state index in [1.165, 1.54) is 17.4 Å². The second kappa shape index (κ2) is 10.3. The molecule has 0 aliphatic heterocycles. The zero-order valence-corrected chi connectivity index (χ0v) is 19.0. The predicted molar refractivity (Wildman–Crippen MR) is 128 cm³/mol. The quantitative estimate of drug-likeness (QED) is 0.367. The van der Waals surface area contributed by atoms with Crippen molar-refractivity contribution in [2.45, 2.75) is 13.0 Å². The molecule has 172 valence electrons. The third-order valence-corrected chi connectivity index (χ3v) is 6.24. The number of rotatable bonds is 7. The van der Waals surface area contributed by atoms with Gasteiger partial charge in [-0.2, -0.15) is 0 Å². The van der Waals surface area contributed by atoms with Crippen LogP contribution in [0.5, 0.6) is 5.75 Å². The van der Waals surface area contributed by atoms with Crippen molar-refractivity contribution in [2.24, 2.45) is 0 Å². The molecule has 0 bridgehead atoms. The number of halogens is 2. The molecule has 0 radical (unpaired) electrons. The number of hydrogen-bond acceptors (Lipinski definition) is 5. The highest BCUT2D eigenvalue weighted by Crippen LogP contribution is 2.31. The number of aliphatic carboxylic acids is 1. The summed E-state index contributed by atoms with van der Waals surface area (Å²) >= 11 is 1.30. The van der Waals surface area contributed by atoms with Crippen LogP contribution in [0.25, 0.3) is 10.2 Å². The van der Waals surface area contributed by atoms with Crippen molar-refractivity contribution in [1.29, 1.82) is 0 Å². The lowest BCUT2D eigenvalue weighted by Gasteiger charge is -2.22. The lowest BCUT2D eigenvalue weighted by molar-refractivity contribution is -0.130. The molecule has 0 spiro atoms. The Bertz CT molecular complexity index is 1330. The van der Waals surface area contributed by atoms with Gasteiger partial charge < -0.3 is 14.7 Å². The number of carboxylic acids is 1. The molecule has 4 aromatic rings. The fourth-order valence-electron chi connectivity index (χ4n) is 3.38. The van der Waals surface area contributed by atoms with Crippen LogP contribution in [0.3, 0.4) is 0 Å². The van der Waals surface area contributed by atoms with Gasteiger partial charge in [0.05, 0.1) is 17.3 Å². The van der Waals surface area contributed by atoms with Gasteiger partial charge in [-0.3, -0.25) is 0 Å². The van der Waals surface area contributed by atoms with Crippen LogP contribution in [0.4, 0.5) is 13.9 Å². The van der Waals surface area contributed by atoms with E-state index in [4.69, 9.17) is 9.84 Å². The number of methoxy groups -OCH3 is 1. The molecular weight excluding hydrogens is 458 g/mol. The van der Waals surface area contributed by atoms with E-state index >= 15 is 0 Å². The average molecular weight is 479 g/mol. The molecule has 1 aromatic heterocycles. The number of carboxylic acid groups (broad SMARTS) is 1. The van der Waals surface area contributed by atoms with Gasteiger partial charge in [0, 0.05) is 30.6 Å². The molecule has 0 atom stereocenters. The molecule has 0 unspecified atom stereocenters. The van der Waals surface area contributed by atoms with Crippen LogP contribution in [0.15, 0.2) is 60.7 Å². The predicted octanol–water partition coefficient (Wildman–Crippen LogP) is 5.27. The Morgan fingerprint density at radius 3 is 2.41 bits per heavy atom.